The Morgan fingerprint density at radius 1 is 1.64 bits per heavy atom. The van der Waals surface area contributed by atoms with Crippen LogP contribution in [0.3, 0.4) is 0 Å². The molecule has 4 fully saturated rings. The van der Waals surface area contributed by atoms with Crippen LogP contribution in [-0.4, -0.2) is 36.6 Å². The van der Waals surface area contributed by atoms with Gasteiger partial charge in [-0.2, -0.15) is 0 Å². The van der Waals surface area contributed by atoms with Gasteiger partial charge in [-0.15, -0.1) is 0 Å². The first kappa shape index (κ1) is 7.69. The summed E-state index contributed by atoms with van der Waals surface area (Å²) in [4.78, 5) is 13.4. The quantitative estimate of drug-likeness (QED) is 0.603. The predicted molar refractivity (Wildman–Crippen MR) is 49.6 cm³/mol. The Labute approximate surface area is 83.4 Å². The summed E-state index contributed by atoms with van der Waals surface area (Å²) < 4.78 is 5.22. The molecular formula is C11H15NO2. The fourth-order valence-electron chi connectivity index (χ4n) is 4.59. The molecule has 3 unspecified atom stereocenters. The molecule has 0 N–H and O–H groups in total. The molecule has 14 heavy (non-hydrogen) atoms. The molecule has 3 nitrogen and oxygen atoms in total. The van der Waals surface area contributed by atoms with E-state index in [-0.39, 0.29) is 5.97 Å². The minimum absolute atomic E-state index is 0.119. The lowest BCUT2D eigenvalue weighted by Crippen LogP contribution is -2.64. The first-order valence-corrected chi connectivity index (χ1v) is 5.54. The molecule has 4 atom stereocenters. The van der Waals surface area contributed by atoms with Gasteiger partial charge in [-0.1, -0.05) is 0 Å². The van der Waals surface area contributed by atoms with E-state index >= 15 is 0 Å². The second kappa shape index (κ2) is 1.87. The Bertz CT molecular complexity index is 342. The molecule has 1 spiro atoms. The summed E-state index contributed by atoms with van der Waals surface area (Å²) in [5.41, 5.74) is 0.988. The summed E-state index contributed by atoms with van der Waals surface area (Å²) >= 11 is 0. The molecule has 2 aliphatic carbocycles. The van der Waals surface area contributed by atoms with E-state index in [4.69, 9.17) is 4.74 Å². The van der Waals surface area contributed by atoms with Crippen molar-refractivity contribution < 1.29 is 9.53 Å². The molecule has 2 aliphatic heterocycles. The average molecular weight is 193 g/mol. The van der Waals surface area contributed by atoms with Crippen molar-refractivity contribution >= 4 is 5.97 Å². The fraction of sp³-hybridized carbons (Fsp3) is 0.909. The highest BCUT2D eigenvalue weighted by Crippen LogP contribution is 2.83. The average Bonchev–Trinajstić information content (AvgIpc) is 2.66. The Morgan fingerprint density at radius 2 is 2.50 bits per heavy atom. The lowest BCUT2D eigenvalue weighted by Gasteiger charge is -2.58. The zero-order valence-electron chi connectivity index (χ0n) is 8.45. The summed E-state index contributed by atoms with van der Waals surface area (Å²) in [6, 6.07) is 0.887. The van der Waals surface area contributed by atoms with Gasteiger partial charge in [0.2, 0.25) is 0 Å². The lowest BCUT2D eigenvalue weighted by atomic mass is 9.61. The van der Waals surface area contributed by atoms with Crippen molar-refractivity contribution in [3.63, 3.8) is 0 Å². The highest BCUT2D eigenvalue weighted by molar-refractivity contribution is 5.66. The topological polar surface area (TPSA) is 29.5 Å². The molecule has 4 rings (SSSR count). The molecule has 4 aliphatic rings. The molecule has 0 bridgehead atoms. The maximum Gasteiger partial charge on any atom is 0.302 e. The van der Waals surface area contributed by atoms with Gasteiger partial charge in [0.05, 0.1) is 6.61 Å². The number of ether oxygens (including phenoxy) is 1. The third-order valence-electron chi connectivity index (χ3n) is 5.14. The van der Waals surface area contributed by atoms with E-state index in [0.29, 0.717) is 17.4 Å². The second-order valence-corrected chi connectivity index (χ2v) is 5.73. The summed E-state index contributed by atoms with van der Waals surface area (Å²) in [7, 11) is 0. The monoisotopic (exact) mass is 193 g/mol. The zero-order valence-corrected chi connectivity index (χ0v) is 8.45. The Hall–Kier alpha value is -0.570. The minimum Gasteiger partial charge on any atom is -0.465 e. The SMILES string of the molecule is CC(=O)OC[C@]12CN3CC4CC1(C2)C43. The largest absolute Gasteiger partial charge is 0.465 e. The highest BCUT2D eigenvalue weighted by Gasteiger charge is 2.85. The molecule has 2 saturated carbocycles. The van der Waals surface area contributed by atoms with Gasteiger partial charge in [0.1, 0.15) is 0 Å². The van der Waals surface area contributed by atoms with E-state index in [1.54, 1.807) is 0 Å². The van der Waals surface area contributed by atoms with Crippen molar-refractivity contribution in [3.8, 4) is 0 Å². The third kappa shape index (κ3) is 0.577. The fourth-order valence-corrected chi connectivity index (χ4v) is 4.59. The number of carbonyl (C=O) groups excluding carboxylic acids is 1. The first-order chi connectivity index (χ1) is 6.67. The first-order valence-electron chi connectivity index (χ1n) is 5.54. The van der Waals surface area contributed by atoms with Crippen molar-refractivity contribution in [2.45, 2.75) is 25.8 Å². The van der Waals surface area contributed by atoms with Crippen molar-refractivity contribution in [3.05, 3.63) is 0 Å². The number of carbonyl (C=O) groups is 1. The molecule has 0 radical (unpaired) electrons. The number of esters is 1. The lowest BCUT2D eigenvalue weighted by molar-refractivity contribution is -0.143. The summed E-state index contributed by atoms with van der Waals surface area (Å²) in [5.74, 6) is 0.878. The van der Waals surface area contributed by atoms with Crippen LogP contribution in [0.1, 0.15) is 19.8 Å². The van der Waals surface area contributed by atoms with Crippen LogP contribution in [0, 0.1) is 16.7 Å². The maximum absolute atomic E-state index is 10.8. The summed E-state index contributed by atoms with van der Waals surface area (Å²) in [6.07, 6.45) is 2.74. The molecule has 0 aromatic carbocycles. The van der Waals surface area contributed by atoms with E-state index < -0.39 is 0 Å². The smallest absolute Gasteiger partial charge is 0.302 e. The minimum atomic E-state index is -0.119. The summed E-state index contributed by atoms with van der Waals surface area (Å²) in [5, 5.41) is 0. The van der Waals surface area contributed by atoms with Crippen LogP contribution < -0.4 is 0 Å². The molecular weight excluding hydrogens is 178 g/mol. The van der Waals surface area contributed by atoms with E-state index in [0.717, 1.165) is 12.0 Å². The Balaban J connectivity index is 1.55. The van der Waals surface area contributed by atoms with Gasteiger partial charge in [0.15, 0.2) is 0 Å². The second-order valence-electron chi connectivity index (χ2n) is 5.73. The van der Waals surface area contributed by atoms with Crippen LogP contribution in [0.25, 0.3) is 0 Å². The van der Waals surface area contributed by atoms with Gasteiger partial charge in [-0.3, -0.25) is 9.69 Å². The summed E-state index contributed by atoms with van der Waals surface area (Å²) in [6.45, 7) is 4.71. The van der Waals surface area contributed by atoms with Crippen LogP contribution in [0.5, 0.6) is 0 Å². The third-order valence-corrected chi connectivity index (χ3v) is 5.14. The molecule has 3 heteroatoms. The standard InChI is InChI=1S/C11H15NO2/c1-7(13)14-6-10-4-11(10)2-8-3-12(5-10)9(8)11/h8-9H,2-6H2,1H3/t8?,9?,10-,11?/m0/s1. The van der Waals surface area contributed by atoms with Gasteiger partial charge in [0, 0.05) is 31.5 Å². The van der Waals surface area contributed by atoms with E-state index in [1.807, 2.05) is 0 Å². The predicted octanol–water partition coefficient (Wildman–Crippen LogP) is 0.644. The van der Waals surface area contributed by atoms with Gasteiger partial charge in [-0.25, -0.2) is 0 Å². The van der Waals surface area contributed by atoms with Crippen LogP contribution in [-0.2, 0) is 9.53 Å². The van der Waals surface area contributed by atoms with Crippen LogP contribution in [0.2, 0.25) is 0 Å². The van der Waals surface area contributed by atoms with Crippen molar-refractivity contribution in [2.24, 2.45) is 16.7 Å². The highest BCUT2D eigenvalue weighted by atomic mass is 16.5. The number of hydrogen-bond acceptors (Lipinski definition) is 3. The number of nitrogens with zero attached hydrogens (tertiary/aromatic N) is 1. The number of rotatable bonds is 2. The van der Waals surface area contributed by atoms with Crippen molar-refractivity contribution in [2.75, 3.05) is 19.7 Å². The number of hydrogen-bond donors (Lipinski definition) is 0. The van der Waals surface area contributed by atoms with Crippen LogP contribution in [0.15, 0.2) is 0 Å². The Kier molecular flexibility index (Phi) is 1.03. The molecule has 0 amide bonds. The van der Waals surface area contributed by atoms with Gasteiger partial charge in [-0.05, 0) is 24.2 Å². The normalized spacial score (nSPS) is 56.6. The Morgan fingerprint density at radius 3 is 3.14 bits per heavy atom. The number of piperidine rings is 2. The van der Waals surface area contributed by atoms with Gasteiger partial charge < -0.3 is 4.74 Å². The van der Waals surface area contributed by atoms with Gasteiger partial charge >= 0.3 is 5.97 Å². The molecule has 76 valence electrons. The van der Waals surface area contributed by atoms with E-state index in [1.165, 1.54) is 32.9 Å². The molecule has 2 heterocycles. The van der Waals surface area contributed by atoms with E-state index in [9.17, 15) is 4.79 Å². The maximum atomic E-state index is 10.8. The van der Waals surface area contributed by atoms with Crippen LogP contribution >= 0.6 is 0 Å². The van der Waals surface area contributed by atoms with E-state index in [2.05, 4.69) is 4.90 Å². The van der Waals surface area contributed by atoms with Crippen molar-refractivity contribution in [1.82, 2.24) is 4.90 Å². The molecule has 0 aromatic heterocycles. The van der Waals surface area contributed by atoms with Gasteiger partial charge in [0.25, 0.3) is 0 Å². The molecule has 2 saturated heterocycles. The van der Waals surface area contributed by atoms with Crippen molar-refractivity contribution in [1.29, 1.82) is 0 Å². The van der Waals surface area contributed by atoms with Crippen LogP contribution in [0.4, 0.5) is 0 Å². The molecule has 0 aromatic rings. The zero-order chi connectivity index (χ0) is 9.55.